The second-order valence-electron chi connectivity index (χ2n) is 6.29. The number of aryl methyl sites for hydroxylation is 2. The van der Waals surface area contributed by atoms with Crippen molar-refractivity contribution in [1.82, 2.24) is 9.97 Å². The molecule has 0 saturated heterocycles. The number of pyridine rings is 1. The second-order valence-corrected chi connectivity index (χ2v) is 10.9. The largest absolute Gasteiger partial charge is 0.433 e. The van der Waals surface area contributed by atoms with Crippen molar-refractivity contribution in [3.05, 3.63) is 51.5 Å². The number of aromatic nitrogens is 2. The van der Waals surface area contributed by atoms with Crippen molar-refractivity contribution < 1.29 is 17.4 Å². The van der Waals surface area contributed by atoms with Crippen LogP contribution in [0.4, 0.5) is 18.3 Å². The second kappa shape index (κ2) is 7.49. The van der Waals surface area contributed by atoms with Gasteiger partial charge in [-0.05, 0) is 43.8 Å². The zero-order valence-electron chi connectivity index (χ0n) is 15.5. The molecule has 0 aliphatic carbocycles. The summed E-state index contributed by atoms with van der Waals surface area (Å²) in [5.41, 5.74) is 1.38. The van der Waals surface area contributed by atoms with Crippen molar-refractivity contribution in [3.63, 3.8) is 0 Å². The fourth-order valence-corrected chi connectivity index (χ4v) is 5.96. The Bertz CT molecular complexity index is 1120. The first-order valence-electron chi connectivity index (χ1n) is 8.15. The van der Waals surface area contributed by atoms with Crippen molar-refractivity contribution in [1.29, 1.82) is 0 Å². The highest BCUT2D eigenvalue weighted by molar-refractivity contribution is 8.03. The highest BCUT2D eigenvalue weighted by atomic mass is 32.2. The summed E-state index contributed by atoms with van der Waals surface area (Å²) >= 11 is 2.99. The number of thiophene rings is 1. The molecular weight excluding hydrogens is 427 g/mol. The highest BCUT2D eigenvalue weighted by Gasteiger charge is 2.32. The van der Waals surface area contributed by atoms with Gasteiger partial charge < -0.3 is 0 Å². The molecule has 3 aromatic heterocycles. The Kier molecular flexibility index (Phi) is 5.57. The summed E-state index contributed by atoms with van der Waals surface area (Å²) < 4.78 is 54.2. The minimum absolute atomic E-state index is 0.385. The predicted molar refractivity (Wildman–Crippen MR) is 112 cm³/mol. The highest BCUT2D eigenvalue weighted by Crippen LogP contribution is 2.35. The Hall–Kier alpha value is -1.91. The smallest absolute Gasteiger partial charge is 0.288 e. The normalized spacial score (nSPS) is 14.0. The molecule has 0 aromatic carbocycles. The van der Waals surface area contributed by atoms with E-state index in [1.165, 1.54) is 23.7 Å². The van der Waals surface area contributed by atoms with Gasteiger partial charge in [-0.1, -0.05) is 6.07 Å². The van der Waals surface area contributed by atoms with Crippen LogP contribution in [0.3, 0.4) is 0 Å². The van der Waals surface area contributed by atoms with E-state index >= 15 is 0 Å². The van der Waals surface area contributed by atoms with Gasteiger partial charge in [0, 0.05) is 27.8 Å². The molecule has 0 saturated carbocycles. The van der Waals surface area contributed by atoms with E-state index in [4.69, 9.17) is 0 Å². The minimum atomic E-state index is -4.51. The first-order valence-corrected chi connectivity index (χ1v) is 11.8. The molecule has 10 heteroatoms. The van der Waals surface area contributed by atoms with Crippen molar-refractivity contribution in [2.75, 3.05) is 11.0 Å². The summed E-state index contributed by atoms with van der Waals surface area (Å²) in [7, 11) is -2.75. The quantitative estimate of drug-likeness (QED) is 0.433. The van der Waals surface area contributed by atoms with Gasteiger partial charge in [0.2, 0.25) is 0 Å². The number of thiazole rings is 1. The average molecular weight is 446 g/mol. The number of rotatable bonds is 4. The zero-order chi connectivity index (χ0) is 20.7. The van der Waals surface area contributed by atoms with Gasteiger partial charge in [0.25, 0.3) is 0 Å². The van der Waals surface area contributed by atoms with Crippen LogP contribution in [-0.2, 0) is 15.9 Å². The molecule has 0 fully saturated rings. The lowest BCUT2D eigenvalue weighted by atomic mass is 10.2. The van der Waals surface area contributed by atoms with Gasteiger partial charge in [-0.3, -0.25) is 9.71 Å². The maximum Gasteiger partial charge on any atom is 0.433 e. The van der Waals surface area contributed by atoms with E-state index in [-0.39, 0.29) is 0 Å². The zero-order valence-corrected chi connectivity index (χ0v) is 18.0. The lowest BCUT2D eigenvalue weighted by molar-refractivity contribution is -0.141. The molecular formula is C18H18F3N3OS3. The summed E-state index contributed by atoms with van der Waals surface area (Å²) in [5, 5.41) is 2.50. The number of hydrogen-bond donors (Lipinski definition) is 1. The predicted octanol–water partition coefficient (Wildman–Crippen LogP) is 5.38. The number of hydrogen-bond acceptors (Lipinski definition) is 5. The van der Waals surface area contributed by atoms with Crippen molar-refractivity contribution in [2.45, 2.75) is 26.9 Å². The van der Waals surface area contributed by atoms with E-state index in [1.807, 2.05) is 25.3 Å². The molecule has 0 aliphatic heterocycles. The summed E-state index contributed by atoms with van der Waals surface area (Å²) in [6.07, 6.45) is -1.91. The molecule has 0 spiro atoms. The Balaban J connectivity index is 1.93. The molecule has 0 amide bonds. The Morgan fingerprint density at radius 1 is 1.21 bits per heavy atom. The van der Waals surface area contributed by atoms with Gasteiger partial charge in [-0.15, -0.1) is 22.7 Å². The Morgan fingerprint density at radius 3 is 2.46 bits per heavy atom. The fourth-order valence-electron chi connectivity index (χ4n) is 2.50. The topological polar surface area (TPSA) is 54.9 Å². The third kappa shape index (κ3) is 4.23. The molecule has 1 unspecified atom stereocenters. The number of anilines is 1. The third-order valence-corrected chi connectivity index (χ3v) is 8.23. The molecule has 28 heavy (non-hydrogen) atoms. The van der Waals surface area contributed by atoms with Gasteiger partial charge in [0.1, 0.15) is 5.69 Å². The average Bonchev–Trinajstić information content (AvgIpc) is 3.18. The van der Waals surface area contributed by atoms with Crippen LogP contribution in [-0.4, -0.2) is 25.3 Å². The molecule has 3 aromatic rings. The van der Waals surface area contributed by atoms with E-state index in [0.29, 0.717) is 15.6 Å². The van der Waals surface area contributed by atoms with E-state index in [9.17, 15) is 17.4 Å². The number of halogens is 3. The standard InChI is InChI=1S/C18H18F3N3OS3/c1-10-7-8-26-16(10)15-11(2)27-17(23-15)24-28(4,25)12(3)13-5-6-14(22-9-13)18(19,20)21/h5-9H,1-4H3,(H,23,24,25). The molecule has 3 heterocycles. The van der Waals surface area contributed by atoms with Crippen LogP contribution in [0.1, 0.15) is 28.6 Å². The van der Waals surface area contributed by atoms with Crippen molar-refractivity contribution >= 4 is 42.4 Å². The number of nitrogens with one attached hydrogen (secondary N) is 1. The minimum Gasteiger partial charge on any atom is -0.288 e. The lowest BCUT2D eigenvalue weighted by Gasteiger charge is -2.12. The number of alkyl halides is 3. The summed E-state index contributed by atoms with van der Waals surface area (Å²) in [5.74, 6) is 0. The van der Waals surface area contributed by atoms with Gasteiger partial charge in [0.15, 0.2) is 5.13 Å². The Morgan fingerprint density at radius 2 is 1.93 bits per heavy atom. The molecule has 0 aliphatic rings. The summed E-state index contributed by atoms with van der Waals surface area (Å²) in [6.45, 7) is 5.58. The maximum atomic E-state index is 13.2. The molecule has 0 bridgehead atoms. The van der Waals surface area contributed by atoms with E-state index in [0.717, 1.165) is 33.3 Å². The third-order valence-electron chi connectivity index (χ3n) is 4.20. The summed E-state index contributed by atoms with van der Waals surface area (Å²) in [4.78, 5) is 10.5. The van der Waals surface area contributed by atoms with E-state index in [1.54, 1.807) is 18.3 Å². The molecule has 1 N–H and O–H groups in total. The van der Waals surface area contributed by atoms with Gasteiger partial charge in [-0.2, -0.15) is 13.2 Å². The lowest BCUT2D eigenvalue weighted by Crippen LogP contribution is -2.20. The van der Waals surface area contributed by atoms with Crippen LogP contribution in [0, 0.1) is 13.8 Å². The Labute approximate surface area is 169 Å². The summed E-state index contributed by atoms with van der Waals surface area (Å²) in [6, 6.07) is 4.19. The number of nitrogens with zero attached hydrogens (tertiary/aromatic N) is 2. The van der Waals surface area contributed by atoms with Crippen LogP contribution in [0.5, 0.6) is 0 Å². The first-order chi connectivity index (χ1) is 13.0. The SMILES string of the molecule is CC(c1ccc(C(F)(F)F)nc1)=S(C)(=O)Nc1nc(-c2sccc2C)c(C)s1. The fraction of sp³-hybridized carbons (Fsp3) is 0.278. The van der Waals surface area contributed by atoms with E-state index in [2.05, 4.69) is 14.7 Å². The molecule has 4 nitrogen and oxygen atoms in total. The molecule has 0 radical (unpaired) electrons. The van der Waals surface area contributed by atoms with Crippen LogP contribution >= 0.6 is 22.7 Å². The van der Waals surface area contributed by atoms with Crippen molar-refractivity contribution in [3.8, 4) is 10.6 Å². The van der Waals surface area contributed by atoms with Crippen LogP contribution in [0.2, 0.25) is 0 Å². The first kappa shape index (κ1) is 20.8. The molecule has 1 atom stereocenters. The van der Waals surface area contributed by atoms with Crippen LogP contribution < -0.4 is 4.72 Å². The van der Waals surface area contributed by atoms with Crippen LogP contribution in [0.15, 0.2) is 29.8 Å². The van der Waals surface area contributed by atoms with Gasteiger partial charge in [-0.25, -0.2) is 9.19 Å². The molecule has 3 rings (SSSR count). The molecule has 150 valence electrons. The van der Waals surface area contributed by atoms with Crippen LogP contribution in [0.25, 0.3) is 10.6 Å². The van der Waals surface area contributed by atoms with Gasteiger partial charge >= 0.3 is 6.18 Å². The van der Waals surface area contributed by atoms with E-state index < -0.39 is 21.6 Å². The monoisotopic (exact) mass is 445 g/mol. The van der Waals surface area contributed by atoms with Crippen molar-refractivity contribution in [2.24, 2.45) is 0 Å². The van der Waals surface area contributed by atoms with Gasteiger partial charge in [0.05, 0.1) is 20.3 Å². The maximum absolute atomic E-state index is 13.2.